The van der Waals surface area contributed by atoms with E-state index in [1.54, 1.807) is 12.1 Å². The molecule has 0 fully saturated rings. The number of hydrogen-bond donors (Lipinski definition) is 3. The smallest absolute Gasteiger partial charge is 0.126 e. The van der Waals surface area contributed by atoms with Gasteiger partial charge in [-0.1, -0.05) is 12.1 Å². The average molecular weight is 200 g/mol. The van der Waals surface area contributed by atoms with Crippen molar-refractivity contribution in [2.45, 2.75) is 0 Å². The summed E-state index contributed by atoms with van der Waals surface area (Å²) in [7, 11) is 0. The van der Waals surface area contributed by atoms with E-state index in [1.807, 2.05) is 24.3 Å². The predicted molar refractivity (Wildman–Crippen MR) is 62.9 cm³/mol. The number of pyridine rings is 1. The van der Waals surface area contributed by atoms with Crippen LogP contribution in [0.15, 0.2) is 36.4 Å². The lowest BCUT2D eigenvalue weighted by Gasteiger charge is -2.04. The Balaban J connectivity index is 2.54. The fraction of sp³-hybridized carbons (Fsp3) is 0. The van der Waals surface area contributed by atoms with Crippen LogP contribution in [0.4, 0.5) is 17.3 Å². The molecule has 0 aliphatic rings. The Kier molecular flexibility index (Phi) is 2.17. The van der Waals surface area contributed by atoms with Crippen LogP contribution in [0.3, 0.4) is 0 Å². The van der Waals surface area contributed by atoms with Crippen molar-refractivity contribution in [3.63, 3.8) is 0 Å². The SMILES string of the molecule is Nc1cccc(-c2cc(N)nc(N)c2)c1. The van der Waals surface area contributed by atoms with Crippen LogP contribution in [0, 0.1) is 0 Å². The first-order valence-electron chi connectivity index (χ1n) is 4.54. The summed E-state index contributed by atoms with van der Waals surface area (Å²) in [5, 5.41) is 0. The molecule has 0 atom stereocenters. The number of nitrogens with two attached hydrogens (primary N) is 3. The van der Waals surface area contributed by atoms with Crippen molar-refractivity contribution in [1.29, 1.82) is 0 Å². The summed E-state index contributed by atoms with van der Waals surface area (Å²) in [4.78, 5) is 3.91. The van der Waals surface area contributed by atoms with E-state index in [-0.39, 0.29) is 0 Å². The van der Waals surface area contributed by atoms with Crippen molar-refractivity contribution >= 4 is 17.3 Å². The fourth-order valence-corrected chi connectivity index (χ4v) is 1.46. The lowest BCUT2D eigenvalue weighted by atomic mass is 10.1. The maximum absolute atomic E-state index is 5.69. The summed E-state index contributed by atoms with van der Waals surface area (Å²) in [6, 6.07) is 11.1. The minimum absolute atomic E-state index is 0.410. The number of aromatic nitrogens is 1. The second-order valence-corrected chi connectivity index (χ2v) is 3.33. The standard InChI is InChI=1S/C11H12N4/c12-9-3-1-2-7(4-9)8-5-10(13)15-11(14)6-8/h1-6H,12H2,(H4,13,14,15). The lowest BCUT2D eigenvalue weighted by molar-refractivity contribution is 1.34. The quantitative estimate of drug-likeness (QED) is 0.608. The highest BCUT2D eigenvalue weighted by Gasteiger charge is 2.01. The van der Waals surface area contributed by atoms with E-state index < -0.39 is 0 Å². The van der Waals surface area contributed by atoms with E-state index in [1.165, 1.54) is 0 Å². The Bertz CT molecular complexity index is 473. The second kappa shape index (κ2) is 3.49. The summed E-state index contributed by atoms with van der Waals surface area (Å²) in [5.74, 6) is 0.819. The topological polar surface area (TPSA) is 91.0 Å². The largest absolute Gasteiger partial charge is 0.399 e. The minimum atomic E-state index is 0.410. The Morgan fingerprint density at radius 1 is 0.800 bits per heavy atom. The van der Waals surface area contributed by atoms with Gasteiger partial charge in [0.05, 0.1) is 0 Å². The molecule has 0 radical (unpaired) electrons. The third-order valence-electron chi connectivity index (χ3n) is 2.08. The first kappa shape index (κ1) is 9.33. The van der Waals surface area contributed by atoms with Crippen LogP contribution < -0.4 is 17.2 Å². The molecule has 1 heterocycles. The zero-order valence-electron chi connectivity index (χ0n) is 8.14. The molecule has 0 spiro atoms. The van der Waals surface area contributed by atoms with Gasteiger partial charge < -0.3 is 17.2 Å². The molecule has 1 aromatic carbocycles. The Morgan fingerprint density at radius 2 is 1.47 bits per heavy atom. The molecule has 2 rings (SSSR count). The van der Waals surface area contributed by atoms with E-state index in [0.29, 0.717) is 17.3 Å². The van der Waals surface area contributed by atoms with Crippen molar-refractivity contribution in [3.8, 4) is 11.1 Å². The van der Waals surface area contributed by atoms with Crippen LogP contribution in [0.2, 0.25) is 0 Å². The van der Waals surface area contributed by atoms with Crippen molar-refractivity contribution in [1.82, 2.24) is 4.98 Å². The monoisotopic (exact) mass is 200 g/mol. The fourth-order valence-electron chi connectivity index (χ4n) is 1.46. The van der Waals surface area contributed by atoms with E-state index in [9.17, 15) is 0 Å². The average Bonchev–Trinajstić information content (AvgIpc) is 2.16. The third kappa shape index (κ3) is 1.99. The normalized spacial score (nSPS) is 10.1. The summed E-state index contributed by atoms with van der Waals surface area (Å²) >= 11 is 0. The van der Waals surface area contributed by atoms with Crippen LogP contribution in [-0.2, 0) is 0 Å². The van der Waals surface area contributed by atoms with Crippen molar-refractivity contribution in [2.24, 2.45) is 0 Å². The van der Waals surface area contributed by atoms with Crippen LogP contribution in [0.5, 0.6) is 0 Å². The maximum atomic E-state index is 5.69. The molecule has 76 valence electrons. The molecular formula is C11H12N4. The van der Waals surface area contributed by atoms with Gasteiger partial charge in [-0.05, 0) is 35.4 Å². The van der Waals surface area contributed by atoms with Gasteiger partial charge in [0.1, 0.15) is 11.6 Å². The number of nitrogens with zero attached hydrogens (tertiary/aromatic N) is 1. The molecule has 1 aromatic heterocycles. The van der Waals surface area contributed by atoms with E-state index in [2.05, 4.69) is 4.98 Å². The summed E-state index contributed by atoms with van der Waals surface area (Å²) in [5.41, 5.74) is 19.5. The molecule has 0 unspecified atom stereocenters. The number of nitrogen functional groups attached to an aromatic ring is 3. The zero-order chi connectivity index (χ0) is 10.8. The molecule has 15 heavy (non-hydrogen) atoms. The van der Waals surface area contributed by atoms with Crippen LogP contribution in [0.25, 0.3) is 11.1 Å². The lowest BCUT2D eigenvalue weighted by Crippen LogP contribution is -1.96. The molecule has 2 aromatic rings. The second-order valence-electron chi connectivity index (χ2n) is 3.33. The maximum Gasteiger partial charge on any atom is 0.126 e. The Morgan fingerprint density at radius 3 is 2.07 bits per heavy atom. The first-order valence-corrected chi connectivity index (χ1v) is 4.54. The van der Waals surface area contributed by atoms with Gasteiger partial charge in [0, 0.05) is 5.69 Å². The summed E-state index contributed by atoms with van der Waals surface area (Å²) < 4.78 is 0. The third-order valence-corrected chi connectivity index (χ3v) is 2.08. The molecule has 0 aliphatic heterocycles. The van der Waals surface area contributed by atoms with Gasteiger partial charge in [0.25, 0.3) is 0 Å². The number of hydrogen-bond acceptors (Lipinski definition) is 4. The van der Waals surface area contributed by atoms with Crippen molar-refractivity contribution in [2.75, 3.05) is 17.2 Å². The molecule has 6 N–H and O–H groups in total. The molecule has 4 nitrogen and oxygen atoms in total. The molecule has 0 saturated carbocycles. The highest BCUT2D eigenvalue weighted by Crippen LogP contribution is 2.24. The van der Waals surface area contributed by atoms with Gasteiger partial charge in [-0.3, -0.25) is 0 Å². The summed E-state index contributed by atoms with van der Waals surface area (Å²) in [6.07, 6.45) is 0. The summed E-state index contributed by atoms with van der Waals surface area (Å²) in [6.45, 7) is 0. The van der Waals surface area contributed by atoms with Gasteiger partial charge in [0.15, 0.2) is 0 Å². The van der Waals surface area contributed by atoms with E-state index in [0.717, 1.165) is 11.1 Å². The van der Waals surface area contributed by atoms with Crippen LogP contribution in [-0.4, -0.2) is 4.98 Å². The van der Waals surface area contributed by atoms with Gasteiger partial charge in [-0.25, -0.2) is 4.98 Å². The van der Waals surface area contributed by atoms with E-state index >= 15 is 0 Å². The molecule has 0 bridgehead atoms. The molecule has 0 amide bonds. The predicted octanol–water partition coefficient (Wildman–Crippen LogP) is 1.50. The van der Waals surface area contributed by atoms with Crippen LogP contribution >= 0.6 is 0 Å². The zero-order valence-corrected chi connectivity index (χ0v) is 8.14. The first-order chi connectivity index (χ1) is 7.15. The molecule has 4 heteroatoms. The molecule has 0 aliphatic carbocycles. The molecular weight excluding hydrogens is 188 g/mol. The van der Waals surface area contributed by atoms with Gasteiger partial charge in [-0.2, -0.15) is 0 Å². The van der Waals surface area contributed by atoms with Crippen molar-refractivity contribution in [3.05, 3.63) is 36.4 Å². The highest BCUT2D eigenvalue weighted by atomic mass is 14.9. The molecule has 0 saturated heterocycles. The number of rotatable bonds is 1. The Labute approximate surface area is 87.7 Å². The van der Waals surface area contributed by atoms with Crippen molar-refractivity contribution < 1.29 is 0 Å². The number of anilines is 3. The highest BCUT2D eigenvalue weighted by molar-refractivity contribution is 5.71. The Hall–Kier alpha value is -2.23. The van der Waals surface area contributed by atoms with Gasteiger partial charge in [-0.15, -0.1) is 0 Å². The van der Waals surface area contributed by atoms with Gasteiger partial charge >= 0.3 is 0 Å². The minimum Gasteiger partial charge on any atom is -0.399 e. The van der Waals surface area contributed by atoms with Crippen LogP contribution in [0.1, 0.15) is 0 Å². The van der Waals surface area contributed by atoms with Gasteiger partial charge in [0.2, 0.25) is 0 Å². The van der Waals surface area contributed by atoms with E-state index in [4.69, 9.17) is 17.2 Å². The number of benzene rings is 1.